The van der Waals surface area contributed by atoms with E-state index in [-0.39, 0.29) is 34.3 Å². The van der Waals surface area contributed by atoms with Gasteiger partial charge in [-0.05, 0) is 48.6 Å². The molecular weight excluding hydrogens is 568 g/mol. The minimum atomic E-state index is -0.117. The van der Waals surface area contributed by atoms with Crippen LogP contribution in [0.3, 0.4) is 0 Å². The molecule has 5 nitrogen and oxygen atoms in total. The first-order chi connectivity index (χ1) is 13.2. The lowest BCUT2D eigenvalue weighted by atomic mass is 9.69. The van der Waals surface area contributed by atoms with E-state index in [0.29, 0.717) is 17.5 Å². The molecule has 2 aliphatic heterocycles. The van der Waals surface area contributed by atoms with Crippen molar-refractivity contribution in [3.05, 3.63) is 51.3 Å². The number of halogens is 2. The van der Waals surface area contributed by atoms with Crippen LogP contribution in [-0.4, -0.2) is 22.8 Å². The van der Waals surface area contributed by atoms with E-state index in [4.69, 9.17) is 0 Å². The molecule has 140 valence electrons. The minimum absolute atomic E-state index is 0.117. The standard InChI is InChI=1S/C20H19I2N3O2/c21-8-6-19-14-11-12-13(11)16(20(14,19)7-9-22)25-18(27)23(10-4-2-1-3-5-10)17(26)24(25)15(12)19/h1-5,11-16H,6-9H2. The van der Waals surface area contributed by atoms with Crippen molar-refractivity contribution >= 4 is 45.2 Å². The predicted molar refractivity (Wildman–Crippen MR) is 118 cm³/mol. The van der Waals surface area contributed by atoms with E-state index in [2.05, 4.69) is 45.2 Å². The molecule has 1 aromatic carbocycles. The van der Waals surface area contributed by atoms with Gasteiger partial charge in [0, 0.05) is 19.7 Å². The van der Waals surface area contributed by atoms with Gasteiger partial charge in [0.2, 0.25) is 0 Å². The number of para-hydroxylation sites is 1. The van der Waals surface area contributed by atoms with Crippen molar-refractivity contribution in [1.82, 2.24) is 13.9 Å². The Bertz CT molecular complexity index is 1050. The van der Waals surface area contributed by atoms with Crippen LogP contribution in [0.15, 0.2) is 39.9 Å². The second-order valence-electron chi connectivity index (χ2n) is 8.98. The zero-order chi connectivity index (χ0) is 18.3. The number of rotatable bonds is 5. The maximum Gasteiger partial charge on any atom is 0.352 e. The third-order valence-corrected chi connectivity index (χ3v) is 9.90. The second-order valence-corrected chi connectivity index (χ2v) is 11.1. The molecule has 6 atom stereocenters. The molecule has 2 aromatic rings. The largest absolute Gasteiger partial charge is 0.352 e. The predicted octanol–water partition coefficient (Wildman–Crippen LogP) is 3.04. The summed E-state index contributed by atoms with van der Waals surface area (Å²) in [5.74, 6) is 2.85. The fraction of sp³-hybridized carbons (Fsp3) is 0.600. The van der Waals surface area contributed by atoms with Gasteiger partial charge in [-0.25, -0.2) is 23.5 Å². The topological polar surface area (TPSA) is 48.9 Å². The molecular formula is C20H19I2N3O2. The van der Waals surface area contributed by atoms with Gasteiger partial charge in [-0.1, -0.05) is 63.4 Å². The van der Waals surface area contributed by atoms with Gasteiger partial charge >= 0.3 is 11.4 Å². The molecule has 6 aliphatic rings. The van der Waals surface area contributed by atoms with Crippen molar-refractivity contribution < 1.29 is 0 Å². The van der Waals surface area contributed by atoms with Crippen molar-refractivity contribution in [2.24, 2.45) is 34.5 Å². The van der Waals surface area contributed by atoms with Crippen molar-refractivity contribution in [2.75, 3.05) is 8.86 Å². The summed E-state index contributed by atoms with van der Waals surface area (Å²) in [7, 11) is 0. The van der Waals surface area contributed by atoms with Crippen molar-refractivity contribution in [3.8, 4) is 5.69 Å². The van der Waals surface area contributed by atoms with Crippen LogP contribution >= 0.6 is 45.2 Å². The monoisotopic (exact) mass is 587 g/mol. The molecule has 8 rings (SSSR count). The molecule has 1 aromatic heterocycles. The van der Waals surface area contributed by atoms with Gasteiger partial charge in [0.15, 0.2) is 0 Å². The molecule has 0 saturated heterocycles. The zero-order valence-electron chi connectivity index (χ0n) is 14.6. The highest BCUT2D eigenvalue weighted by molar-refractivity contribution is 14.1. The molecule has 27 heavy (non-hydrogen) atoms. The number of nitrogens with zero attached hydrogens (tertiary/aromatic N) is 3. The summed E-state index contributed by atoms with van der Waals surface area (Å²) in [6.45, 7) is 0. The summed E-state index contributed by atoms with van der Waals surface area (Å²) in [5.41, 5.74) is 1.03. The Hall–Kier alpha value is -0.580. The van der Waals surface area contributed by atoms with Crippen LogP contribution in [0.4, 0.5) is 0 Å². The SMILES string of the molecule is O=c1n(-c2ccccc2)c(=O)n2n1C1C3C4C3C3C1(CCI)C3(CCI)C42. The summed E-state index contributed by atoms with van der Waals surface area (Å²) in [6, 6.07) is 9.95. The zero-order valence-corrected chi connectivity index (χ0v) is 18.9. The van der Waals surface area contributed by atoms with E-state index in [1.54, 1.807) is 0 Å². The molecule has 4 saturated carbocycles. The lowest BCUT2D eigenvalue weighted by Gasteiger charge is -2.48. The fourth-order valence-corrected chi connectivity index (χ4v) is 10.4. The Morgan fingerprint density at radius 1 is 0.815 bits per heavy atom. The van der Waals surface area contributed by atoms with Gasteiger partial charge in [-0.3, -0.25) is 0 Å². The van der Waals surface area contributed by atoms with E-state index in [1.165, 1.54) is 17.4 Å². The van der Waals surface area contributed by atoms with Crippen molar-refractivity contribution in [3.63, 3.8) is 0 Å². The molecule has 3 heterocycles. The number of hydrogen-bond donors (Lipinski definition) is 0. The van der Waals surface area contributed by atoms with Crippen LogP contribution in [0.1, 0.15) is 24.9 Å². The van der Waals surface area contributed by atoms with Gasteiger partial charge in [-0.15, -0.1) is 0 Å². The Labute approximate surface area is 183 Å². The maximum absolute atomic E-state index is 13.5. The molecule has 0 spiro atoms. The highest BCUT2D eigenvalue weighted by atomic mass is 127. The van der Waals surface area contributed by atoms with Crippen molar-refractivity contribution in [1.29, 1.82) is 0 Å². The van der Waals surface area contributed by atoms with E-state index in [1.807, 2.05) is 39.7 Å². The Morgan fingerprint density at radius 2 is 1.33 bits per heavy atom. The molecule has 7 heteroatoms. The molecule has 0 N–H and O–H groups in total. The molecule has 0 radical (unpaired) electrons. The van der Waals surface area contributed by atoms with Crippen LogP contribution in [0, 0.1) is 34.5 Å². The summed E-state index contributed by atoms with van der Waals surface area (Å²) in [4.78, 5) is 26.9. The lowest BCUT2D eigenvalue weighted by molar-refractivity contribution is -0.00254. The fourth-order valence-electron chi connectivity index (χ4n) is 8.57. The molecule has 6 unspecified atom stereocenters. The highest BCUT2D eigenvalue weighted by Gasteiger charge is 3.02. The van der Waals surface area contributed by atoms with E-state index >= 15 is 0 Å². The van der Waals surface area contributed by atoms with E-state index < -0.39 is 0 Å². The van der Waals surface area contributed by atoms with Gasteiger partial charge in [0.05, 0.1) is 17.8 Å². The average molecular weight is 587 g/mol. The molecule has 0 amide bonds. The van der Waals surface area contributed by atoms with Crippen LogP contribution in [0.25, 0.3) is 5.69 Å². The minimum Gasteiger partial charge on any atom is -0.245 e. The summed E-state index contributed by atoms with van der Waals surface area (Å²) < 4.78 is 7.55. The first-order valence-corrected chi connectivity index (χ1v) is 12.9. The average Bonchev–Trinajstić information content (AvgIpc) is 3.40. The molecule has 4 aliphatic carbocycles. The Morgan fingerprint density at radius 3 is 1.81 bits per heavy atom. The molecule has 2 bridgehead atoms. The maximum atomic E-state index is 13.5. The first-order valence-electron chi connectivity index (χ1n) is 9.80. The summed E-state index contributed by atoms with van der Waals surface area (Å²) >= 11 is 5.01. The van der Waals surface area contributed by atoms with Gasteiger partial charge in [0.1, 0.15) is 0 Å². The Balaban J connectivity index is 1.52. The normalized spacial score (nSPS) is 45.9. The van der Waals surface area contributed by atoms with Gasteiger partial charge < -0.3 is 0 Å². The quantitative estimate of drug-likeness (QED) is 0.400. The van der Waals surface area contributed by atoms with Crippen LogP contribution in [-0.2, 0) is 0 Å². The summed E-state index contributed by atoms with van der Waals surface area (Å²) in [6.07, 6.45) is 2.40. The Kier molecular flexibility index (Phi) is 2.86. The first kappa shape index (κ1) is 16.2. The van der Waals surface area contributed by atoms with Crippen molar-refractivity contribution in [2.45, 2.75) is 24.9 Å². The van der Waals surface area contributed by atoms with E-state index in [9.17, 15) is 9.59 Å². The second kappa shape index (κ2) is 4.76. The van der Waals surface area contributed by atoms with Crippen LogP contribution in [0.2, 0.25) is 0 Å². The number of benzene rings is 1. The third-order valence-electron chi connectivity index (χ3n) is 8.82. The number of alkyl halides is 2. The third kappa shape index (κ3) is 1.38. The van der Waals surface area contributed by atoms with Crippen LogP contribution < -0.4 is 11.4 Å². The molecule has 4 fully saturated rings. The highest BCUT2D eigenvalue weighted by Crippen LogP contribution is 3.03. The van der Waals surface area contributed by atoms with Crippen LogP contribution in [0.5, 0.6) is 0 Å². The smallest absolute Gasteiger partial charge is 0.245 e. The number of aromatic nitrogens is 3. The number of hydrogen-bond acceptors (Lipinski definition) is 2. The lowest BCUT2D eigenvalue weighted by Crippen LogP contribution is -2.53. The van der Waals surface area contributed by atoms with E-state index in [0.717, 1.165) is 20.7 Å². The summed E-state index contributed by atoms with van der Waals surface area (Å²) in [5, 5.41) is 0. The van der Waals surface area contributed by atoms with Gasteiger partial charge in [-0.2, -0.15) is 0 Å². The van der Waals surface area contributed by atoms with Gasteiger partial charge in [0.25, 0.3) is 0 Å².